The van der Waals surface area contributed by atoms with E-state index in [-0.39, 0.29) is 10.8 Å². The van der Waals surface area contributed by atoms with Gasteiger partial charge in [0.1, 0.15) is 0 Å². The van der Waals surface area contributed by atoms with Gasteiger partial charge in [0.25, 0.3) is 0 Å². The lowest BCUT2D eigenvalue weighted by Gasteiger charge is -2.11. The van der Waals surface area contributed by atoms with Crippen molar-refractivity contribution in [3.05, 3.63) is 0 Å². The molecule has 2 aliphatic rings. The molecule has 0 amide bonds. The summed E-state index contributed by atoms with van der Waals surface area (Å²) >= 11 is 0. The summed E-state index contributed by atoms with van der Waals surface area (Å²) in [4.78, 5) is 0. The van der Waals surface area contributed by atoms with Crippen molar-refractivity contribution >= 4 is 9.84 Å². The van der Waals surface area contributed by atoms with E-state index in [0.717, 1.165) is 32.1 Å². The highest BCUT2D eigenvalue weighted by Crippen LogP contribution is 2.39. The second kappa shape index (κ2) is 3.20. The van der Waals surface area contributed by atoms with E-state index in [2.05, 4.69) is 0 Å². The fourth-order valence-corrected chi connectivity index (χ4v) is 4.13. The maximum atomic E-state index is 11.5. The van der Waals surface area contributed by atoms with E-state index in [1.807, 2.05) is 6.92 Å². The highest BCUT2D eigenvalue weighted by atomic mass is 32.2. The Hall–Kier alpha value is -0.0900. The Bertz CT molecular complexity index is 319. The van der Waals surface area contributed by atoms with Gasteiger partial charge in [-0.05, 0) is 44.9 Å². The maximum Gasteiger partial charge on any atom is 0.153 e. The number of hydrogen-bond donors (Lipinski definition) is 1. The molecule has 0 spiro atoms. The van der Waals surface area contributed by atoms with Gasteiger partial charge < -0.3 is 5.73 Å². The highest BCUT2D eigenvalue weighted by molar-refractivity contribution is 7.92. The molecule has 2 rings (SSSR count). The summed E-state index contributed by atoms with van der Waals surface area (Å²) in [5, 5.41) is -0.125. The van der Waals surface area contributed by atoms with Crippen LogP contribution < -0.4 is 5.73 Å². The summed E-state index contributed by atoms with van der Waals surface area (Å²) in [6.07, 6.45) is 5.11. The van der Waals surface area contributed by atoms with Gasteiger partial charge in [-0.3, -0.25) is 0 Å². The predicted molar refractivity (Wildman–Crippen MR) is 56.7 cm³/mol. The molecular weight excluding hydrogens is 198 g/mol. The van der Waals surface area contributed by atoms with Crippen LogP contribution in [0.3, 0.4) is 0 Å². The lowest BCUT2D eigenvalue weighted by atomic mass is 9.97. The average molecular weight is 217 g/mol. The SMILES string of the molecule is CC1CC(CCC2(N)CC2)CS1(=O)=O. The molecule has 2 unspecified atom stereocenters. The zero-order chi connectivity index (χ0) is 10.4. The van der Waals surface area contributed by atoms with Gasteiger partial charge in [0.05, 0.1) is 11.0 Å². The third-order valence-electron chi connectivity index (χ3n) is 3.69. The molecule has 4 heteroatoms. The molecule has 1 aliphatic heterocycles. The molecule has 0 radical (unpaired) electrons. The molecule has 2 atom stereocenters. The summed E-state index contributed by atoms with van der Waals surface area (Å²) in [5.41, 5.74) is 6.06. The van der Waals surface area contributed by atoms with Gasteiger partial charge in [-0.25, -0.2) is 8.42 Å². The molecule has 1 heterocycles. The van der Waals surface area contributed by atoms with Crippen LogP contribution in [0.1, 0.15) is 39.0 Å². The Morgan fingerprint density at radius 3 is 2.50 bits per heavy atom. The molecule has 0 bridgehead atoms. The molecule has 1 aliphatic carbocycles. The van der Waals surface area contributed by atoms with Crippen LogP contribution >= 0.6 is 0 Å². The zero-order valence-electron chi connectivity index (χ0n) is 8.70. The van der Waals surface area contributed by atoms with Crippen LogP contribution in [0.4, 0.5) is 0 Å². The fraction of sp³-hybridized carbons (Fsp3) is 1.00. The fourth-order valence-electron chi connectivity index (χ4n) is 2.28. The van der Waals surface area contributed by atoms with Gasteiger partial charge in [-0.2, -0.15) is 0 Å². The molecule has 0 aromatic heterocycles. The Labute approximate surface area is 86.0 Å². The topological polar surface area (TPSA) is 60.2 Å². The number of sulfone groups is 1. The van der Waals surface area contributed by atoms with Crippen LogP contribution in [0, 0.1) is 5.92 Å². The molecule has 14 heavy (non-hydrogen) atoms. The van der Waals surface area contributed by atoms with E-state index in [1.165, 1.54) is 0 Å². The third kappa shape index (κ3) is 2.11. The minimum Gasteiger partial charge on any atom is -0.325 e. The molecule has 82 valence electrons. The van der Waals surface area contributed by atoms with E-state index in [4.69, 9.17) is 5.73 Å². The zero-order valence-corrected chi connectivity index (χ0v) is 9.52. The average Bonchev–Trinajstić information content (AvgIpc) is 2.73. The number of rotatable bonds is 3. The van der Waals surface area contributed by atoms with Crippen LogP contribution in [-0.4, -0.2) is 25.0 Å². The molecule has 2 N–H and O–H groups in total. The second-order valence-corrected chi connectivity index (χ2v) is 7.61. The molecule has 3 nitrogen and oxygen atoms in total. The van der Waals surface area contributed by atoms with Crippen molar-refractivity contribution in [2.75, 3.05) is 5.75 Å². The molecule has 0 aromatic rings. The molecule has 2 fully saturated rings. The van der Waals surface area contributed by atoms with Crippen molar-refractivity contribution in [1.29, 1.82) is 0 Å². The summed E-state index contributed by atoms with van der Waals surface area (Å²) in [6, 6.07) is 0. The van der Waals surface area contributed by atoms with Crippen LogP contribution in [-0.2, 0) is 9.84 Å². The van der Waals surface area contributed by atoms with Gasteiger partial charge in [-0.1, -0.05) is 0 Å². The van der Waals surface area contributed by atoms with E-state index in [9.17, 15) is 8.42 Å². The Kier molecular flexibility index (Phi) is 2.39. The predicted octanol–water partition coefficient (Wildman–Crippen LogP) is 1.08. The van der Waals surface area contributed by atoms with Gasteiger partial charge in [0, 0.05) is 5.54 Å². The molecule has 1 saturated heterocycles. The first-order valence-corrected chi connectivity index (χ1v) is 7.13. The first kappa shape index (κ1) is 10.4. The smallest absolute Gasteiger partial charge is 0.153 e. The van der Waals surface area contributed by atoms with Gasteiger partial charge in [0.15, 0.2) is 9.84 Å². The minimum atomic E-state index is -2.76. The van der Waals surface area contributed by atoms with Crippen LogP contribution in [0.5, 0.6) is 0 Å². The Morgan fingerprint density at radius 2 is 2.07 bits per heavy atom. The van der Waals surface area contributed by atoms with E-state index >= 15 is 0 Å². The highest BCUT2D eigenvalue weighted by Gasteiger charge is 2.40. The van der Waals surface area contributed by atoms with E-state index in [1.54, 1.807) is 0 Å². The Morgan fingerprint density at radius 1 is 1.43 bits per heavy atom. The number of nitrogens with two attached hydrogens (primary N) is 1. The van der Waals surface area contributed by atoms with Gasteiger partial charge >= 0.3 is 0 Å². The van der Waals surface area contributed by atoms with Gasteiger partial charge in [-0.15, -0.1) is 0 Å². The summed E-state index contributed by atoms with van der Waals surface area (Å²) in [6.45, 7) is 1.82. The summed E-state index contributed by atoms with van der Waals surface area (Å²) in [5.74, 6) is 0.764. The standard InChI is InChI=1S/C10H19NO2S/c1-8-6-9(7-14(8,12)13)2-3-10(11)4-5-10/h8-9H,2-7,11H2,1H3. The van der Waals surface area contributed by atoms with E-state index in [0.29, 0.717) is 11.7 Å². The first-order chi connectivity index (χ1) is 6.41. The lowest BCUT2D eigenvalue weighted by molar-refractivity contribution is 0.456. The molecule has 1 saturated carbocycles. The molecular formula is C10H19NO2S. The summed E-state index contributed by atoms with van der Waals surface area (Å²) in [7, 11) is -2.76. The normalized spacial score (nSPS) is 38.4. The van der Waals surface area contributed by atoms with Crippen molar-refractivity contribution in [3.63, 3.8) is 0 Å². The van der Waals surface area contributed by atoms with Crippen LogP contribution in [0.15, 0.2) is 0 Å². The van der Waals surface area contributed by atoms with Crippen LogP contribution in [0.2, 0.25) is 0 Å². The van der Waals surface area contributed by atoms with Crippen molar-refractivity contribution in [3.8, 4) is 0 Å². The summed E-state index contributed by atoms with van der Waals surface area (Å²) < 4.78 is 23.0. The van der Waals surface area contributed by atoms with Crippen molar-refractivity contribution in [1.82, 2.24) is 0 Å². The quantitative estimate of drug-likeness (QED) is 0.769. The van der Waals surface area contributed by atoms with Crippen molar-refractivity contribution < 1.29 is 8.42 Å². The number of hydrogen-bond acceptors (Lipinski definition) is 3. The van der Waals surface area contributed by atoms with Crippen molar-refractivity contribution in [2.45, 2.75) is 49.8 Å². The largest absolute Gasteiger partial charge is 0.325 e. The molecule has 0 aromatic carbocycles. The lowest BCUT2D eigenvalue weighted by Crippen LogP contribution is -2.22. The first-order valence-electron chi connectivity index (χ1n) is 5.42. The van der Waals surface area contributed by atoms with Gasteiger partial charge in [0.2, 0.25) is 0 Å². The van der Waals surface area contributed by atoms with Crippen LogP contribution in [0.25, 0.3) is 0 Å². The third-order valence-corrected chi connectivity index (χ3v) is 6.04. The minimum absolute atomic E-state index is 0.0790. The van der Waals surface area contributed by atoms with Crippen molar-refractivity contribution in [2.24, 2.45) is 11.7 Å². The Balaban J connectivity index is 1.84. The maximum absolute atomic E-state index is 11.5. The second-order valence-electron chi connectivity index (χ2n) is 5.14. The van der Waals surface area contributed by atoms with E-state index < -0.39 is 9.84 Å². The monoisotopic (exact) mass is 217 g/mol.